The van der Waals surface area contributed by atoms with Crippen molar-refractivity contribution in [1.29, 1.82) is 0 Å². The van der Waals surface area contributed by atoms with Gasteiger partial charge in [0.05, 0.1) is 20.6 Å². The fourth-order valence-electron chi connectivity index (χ4n) is 2.54. The zero-order chi connectivity index (χ0) is 15.7. The molecular formula is C17H16O5. The quantitative estimate of drug-likeness (QED) is 0.943. The number of methoxy groups -OCH3 is 2. The predicted molar refractivity (Wildman–Crippen MR) is 80.0 cm³/mol. The Morgan fingerprint density at radius 2 is 1.77 bits per heavy atom. The lowest BCUT2D eigenvalue weighted by Crippen LogP contribution is -2.20. The first-order valence-electron chi connectivity index (χ1n) is 6.87. The van der Waals surface area contributed by atoms with E-state index in [-0.39, 0.29) is 23.5 Å². The first kappa shape index (κ1) is 14.3. The van der Waals surface area contributed by atoms with Crippen LogP contribution in [0.4, 0.5) is 0 Å². The maximum atomic E-state index is 12.3. The van der Waals surface area contributed by atoms with Gasteiger partial charge in [-0.1, -0.05) is 12.1 Å². The van der Waals surface area contributed by atoms with Crippen LogP contribution in [0.25, 0.3) is 0 Å². The summed E-state index contributed by atoms with van der Waals surface area (Å²) in [7, 11) is 3.09. The average molecular weight is 300 g/mol. The maximum absolute atomic E-state index is 12.3. The van der Waals surface area contributed by atoms with Crippen LogP contribution in [0, 0.1) is 0 Å². The molecule has 0 amide bonds. The van der Waals surface area contributed by atoms with Gasteiger partial charge < -0.3 is 19.3 Å². The lowest BCUT2D eigenvalue weighted by atomic mass is 9.95. The van der Waals surface area contributed by atoms with Gasteiger partial charge in [-0.15, -0.1) is 0 Å². The van der Waals surface area contributed by atoms with Crippen LogP contribution in [0.5, 0.6) is 23.0 Å². The molecular weight excluding hydrogens is 284 g/mol. The molecule has 0 aromatic heterocycles. The topological polar surface area (TPSA) is 65.0 Å². The fourth-order valence-corrected chi connectivity index (χ4v) is 2.54. The average Bonchev–Trinajstić information content (AvgIpc) is 2.54. The number of phenols is 1. The Kier molecular flexibility index (Phi) is 3.63. The lowest BCUT2D eigenvalue weighted by molar-refractivity contribution is 0.0844. The standard InChI is InChI=1S/C17H16O5/c1-20-11-5-3-10(4-6-11)15-9-14(19)17-13(18)7-12(21-2)8-16(17)22-15/h3-8,15,18H,9H2,1-2H3/t15-/m0/s1. The van der Waals surface area contributed by atoms with E-state index in [2.05, 4.69) is 0 Å². The summed E-state index contributed by atoms with van der Waals surface area (Å²) in [6, 6.07) is 10.4. The number of Topliss-reactive ketones (excluding diaryl/α,β-unsaturated/α-hetero) is 1. The van der Waals surface area contributed by atoms with Crippen molar-refractivity contribution in [2.45, 2.75) is 12.5 Å². The molecule has 1 N–H and O–H groups in total. The highest BCUT2D eigenvalue weighted by Gasteiger charge is 2.30. The molecule has 0 saturated carbocycles. The van der Waals surface area contributed by atoms with Crippen LogP contribution in [0.2, 0.25) is 0 Å². The summed E-state index contributed by atoms with van der Waals surface area (Å²) in [6.45, 7) is 0. The van der Waals surface area contributed by atoms with E-state index >= 15 is 0 Å². The van der Waals surface area contributed by atoms with Crippen LogP contribution in [0.15, 0.2) is 36.4 Å². The van der Waals surface area contributed by atoms with Gasteiger partial charge in [0.2, 0.25) is 0 Å². The van der Waals surface area contributed by atoms with E-state index in [4.69, 9.17) is 14.2 Å². The molecule has 0 spiro atoms. The summed E-state index contributed by atoms with van der Waals surface area (Å²) in [5, 5.41) is 9.97. The molecule has 0 saturated heterocycles. The van der Waals surface area contributed by atoms with Gasteiger partial charge in [-0.2, -0.15) is 0 Å². The van der Waals surface area contributed by atoms with Gasteiger partial charge in [-0.05, 0) is 17.7 Å². The molecule has 5 nitrogen and oxygen atoms in total. The van der Waals surface area contributed by atoms with E-state index in [1.807, 2.05) is 24.3 Å². The molecule has 1 atom stereocenters. The van der Waals surface area contributed by atoms with Gasteiger partial charge >= 0.3 is 0 Å². The summed E-state index contributed by atoms with van der Waals surface area (Å²) in [6.07, 6.45) is -0.212. The van der Waals surface area contributed by atoms with Gasteiger partial charge in [0, 0.05) is 12.1 Å². The number of hydrogen-bond acceptors (Lipinski definition) is 5. The number of hydrogen-bond donors (Lipinski definition) is 1. The lowest BCUT2D eigenvalue weighted by Gasteiger charge is -2.26. The van der Waals surface area contributed by atoms with Crippen molar-refractivity contribution in [3.05, 3.63) is 47.5 Å². The zero-order valence-electron chi connectivity index (χ0n) is 12.3. The third-order valence-corrected chi connectivity index (χ3v) is 3.70. The van der Waals surface area contributed by atoms with Gasteiger partial charge in [-0.25, -0.2) is 0 Å². The third-order valence-electron chi connectivity index (χ3n) is 3.70. The number of carbonyl (C=O) groups is 1. The molecule has 0 radical (unpaired) electrons. The van der Waals surface area contributed by atoms with Crippen molar-refractivity contribution in [1.82, 2.24) is 0 Å². The van der Waals surface area contributed by atoms with E-state index in [0.29, 0.717) is 11.5 Å². The number of ether oxygens (including phenoxy) is 3. The van der Waals surface area contributed by atoms with Crippen molar-refractivity contribution in [3.8, 4) is 23.0 Å². The summed E-state index contributed by atoms with van der Waals surface area (Å²) in [5.74, 6) is 1.26. The van der Waals surface area contributed by atoms with Crippen molar-refractivity contribution in [2.75, 3.05) is 14.2 Å². The molecule has 0 aliphatic carbocycles. The number of ketones is 1. The van der Waals surface area contributed by atoms with Gasteiger partial charge in [0.1, 0.15) is 34.7 Å². The monoisotopic (exact) mass is 300 g/mol. The molecule has 22 heavy (non-hydrogen) atoms. The van der Waals surface area contributed by atoms with E-state index in [1.54, 1.807) is 13.2 Å². The van der Waals surface area contributed by atoms with Crippen molar-refractivity contribution in [3.63, 3.8) is 0 Å². The number of fused-ring (bicyclic) bond motifs is 1. The number of rotatable bonds is 3. The fraction of sp³-hybridized carbons (Fsp3) is 0.235. The van der Waals surface area contributed by atoms with Crippen molar-refractivity contribution >= 4 is 5.78 Å². The molecule has 0 unspecified atom stereocenters. The van der Waals surface area contributed by atoms with E-state index in [9.17, 15) is 9.90 Å². The van der Waals surface area contributed by atoms with Crippen LogP contribution in [0.1, 0.15) is 28.4 Å². The van der Waals surface area contributed by atoms with Gasteiger partial charge in [0.25, 0.3) is 0 Å². The minimum absolute atomic E-state index is 0.118. The first-order valence-corrected chi connectivity index (χ1v) is 6.87. The van der Waals surface area contributed by atoms with E-state index in [0.717, 1.165) is 11.3 Å². The second-order valence-electron chi connectivity index (χ2n) is 5.03. The SMILES string of the molecule is COc1ccc([C@@H]2CC(=O)c3c(O)cc(OC)cc3O2)cc1. The van der Waals surface area contributed by atoms with Crippen LogP contribution in [0.3, 0.4) is 0 Å². The molecule has 2 aromatic carbocycles. The van der Waals surface area contributed by atoms with Crippen LogP contribution >= 0.6 is 0 Å². The second kappa shape index (κ2) is 5.60. The molecule has 1 aliphatic rings. The smallest absolute Gasteiger partial charge is 0.174 e. The molecule has 0 bridgehead atoms. The molecule has 5 heteroatoms. The summed E-state index contributed by atoms with van der Waals surface area (Å²) in [5.41, 5.74) is 1.09. The molecule has 114 valence electrons. The Balaban J connectivity index is 1.95. The number of benzene rings is 2. The number of carbonyl (C=O) groups excluding carboxylic acids is 1. The molecule has 2 aromatic rings. The van der Waals surface area contributed by atoms with E-state index < -0.39 is 6.10 Å². The molecule has 3 rings (SSSR count). The van der Waals surface area contributed by atoms with Crippen LogP contribution in [-0.2, 0) is 0 Å². The van der Waals surface area contributed by atoms with Gasteiger partial charge in [0.15, 0.2) is 5.78 Å². The number of aromatic hydroxyl groups is 1. The Labute approximate surface area is 128 Å². The maximum Gasteiger partial charge on any atom is 0.174 e. The third kappa shape index (κ3) is 2.45. The minimum atomic E-state index is -0.391. The highest BCUT2D eigenvalue weighted by molar-refractivity contribution is 6.02. The molecule has 1 aliphatic heterocycles. The Bertz CT molecular complexity index is 706. The summed E-state index contributed by atoms with van der Waals surface area (Å²) >= 11 is 0. The van der Waals surface area contributed by atoms with E-state index in [1.165, 1.54) is 13.2 Å². The van der Waals surface area contributed by atoms with Gasteiger partial charge in [-0.3, -0.25) is 4.79 Å². The Morgan fingerprint density at radius 3 is 2.41 bits per heavy atom. The second-order valence-corrected chi connectivity index (χ2v) is 5.03. The zero-order valence-corrected chi connectivity index (χ0v) is 12.3. The predicted octanol–water partition coefficient (Wildman–Crippen LogP) is 3.12. The largest absolute Gasteiger partial charge is 0.507 e. The summed E-state index contributed by atoms with van der Waals surface area (Å²) < 4.78 is 16.1. The van der Waals surface area contributed by atoms with Crippen molar-refractivity contribution < 1.29 is 24.1 Å². The summed E-state index contributed by atoms with van der Waals surface area (Å²) in [4.78, 5) is 12.3. The highest BCUT2D eigenvalue weighted by atomic mass is 16.5. The highest BCUT2D eigenvalue weighted by Crippen LogP contribution is 2.41. The first-order chi connectivity index (χ1) is 10.6. The van der Waals surface area contributed by atoms with Crippen LogP contribution < -0.4 is 14.2 Å². The Hall–Kier alpha value is -2.69. The molecule has 1 heterocycles. The minimum Gasteiger partial charge on any atom is -0.507 e. The normalized spacial score (nSPS) is 16.6. The Morgan fingerprint density at radius 1 is 1.09 bits per heavy atom. The van der Waals surface area contributed by atoms with Crippen LogP contribution in [-0.4, -0.2) is 25.1 Å². The number of phenolic OH excluding ortho intramolecular Hbond substituents is 1. The van der Waals surface area contributed by atoms with Crippen molar-refractivity contribution in [2.24, 2.45) is 0 Å². The molecule has 0 fully saturated rings.